The highest BCUT2D eigenvalue weighted by atomic mass is 14.9. The van der Waals surface area contributed by atoms with Gasteiger partial charge in [-0.15, -0.1) is 0 Å². The van der Waals surface area contributed by atoms with Crippen LogP contribution in [0.15, 0.2) is 0 Å². The van der Waals surface area contributed by atoms with Gasteiger partial charge in [0.1, 0.15) is 0 Å². The molecule has 4 nitrogen and oxygen atoms in total. The maximum absolute atomic E-state index is 3.63. The molecule has 0 atom stereocenters. The van der Waals surface area contributed by atoms with Gasteiger partial charge in [0, 0.05) is 0 Å². The Morgan fingerprint density at radius 3 is 1.68 bits per heavy atom. The quantitative estimate of drug-likeness (QED) is 0.350. The van der Waals surface area contributed by atoms with Crippen LogP contribution in [-0.4, -0.2) is 52.4 Å². The van der Waals surface area contributed by atoms with E-state index in [-0.39, 0.29) is 0 Å². The lowest BCUT2D eigenvalue weighted by Gasteiger charge is -2.21. The summed E-state index contributed by atoms with van der Waals surface area (Å²) in [5, 5.41) is 14.0. The van der Waals surface area contributed by atoms with Crippen molar-refractivity contribution in [1.82, 2.24) is 21.3 Å². The topological polar surface area (TPSA) is 48.1 Å². The number of nitrogens with one attached hydrogen (secondary N) is 4. The van der Waals surface area contributed by atoms with Gasteiger partial charge in [0.2, 0.25) is 0 Å². The molecule has 0 aromatic rings. The Balaban J connectivity index is 1.68. The van der Waals surface area contributed by atoms with Gasteiger partial charge in [0.05, 0.1) is 0 Å². The minimum Gasteiger partial charge on any atom is -0.317 e. The first-order valence-electron chi connectivity index (χ1n) is 9.76. The molecule has 1 aliphatic rings. The van der Waals surface area contributed by atoms with Gasteiger partial charge in [-0.25, -0.2) is 0 Å². The predicted molar refractivity (Wildman–Crippen MR) is 97.6 cm³/mol. The molecule has 1 fully saturated rings. The third-order valence-electron chi connectivity index (χ3n) is 4.53. The van der Waals surface area contributed by atoms with Crippen molar-refractivity contribution in [2.75, 3.05) is 52.4 Å². The van der Waals surface area contributed by atoms with E-state index in [1.54, 1.807) is 0 Å². The molecule has 0 bridgehead atoms. The fourth-order valence-electron chi connectivity index (χ4n) is 3.14. The molecule has 0 aromatic carbocycles. The molecule has 0 saturated heterocycles. The van der Waals surface area contributed by atoms with Crippen LogP contribution in [0, 0.1) is 5.92 Å². The summed E-state index contributed by atoms with van der Waals surface area (Å²) in [6.07, 6.45) is 11.0. The average Bonchev–Trinajstić information content (AvgIpc) is 2.56. The van der Waals surface area contributed by atoms with E-state index in [4.69, 9.17) is 0 Å². The van der Waals surface area contributed by atoms with Crippen molar-refractivity contribution in [3.8, 4) is 0 Å². The molecule has 0 aliphatic heterocycles. The van der Waals surface area contributed by atoms with Crippen LogP contribution in [0.3, 0.4) is 0 Å². The summed E-state index contributed by atoms with van der Waals surface area (Å²) < 4.78 is 0. The molecule has 0 amide bonds. The minimum absolute atomic E-state index is 0.959. The van der Waals surface area contributed by atoms with Crippen molar-refractivity contribution in [3.05, 3.63) is 0 Å². The first-order valence-corrected chi connectivity index (χ1v) is 9.76. The Morgan fingerprint density at radius 2 is 1.14 bits per heavy atom. The fraction of sp³-hybridized carbons (Fsp3) is 1.00. The molecule has 0 unspecified atom stereocenters. The predicted octanol–water partition coefficient (Wildman–Crippen LogP) is 2.12. The van der Waals surface area contributed by atoms with Crippen molar-refractivity contribution < 1.29 is 0 Å². The fourth-order valence-corrected chi connectivity index (χ4v) is 3.14. The molecule has 0 heterocycles. The van der Waals surface area contributed by atoms with Gasteiger partial charge in [-0.05, 0) is 90.4 Å². The summed E-state index contributed by atoms with van der Waals surface area (Å²) in [5.41, 5.74) is 0. The van der Waals surface area contributed by atoms with Gasteiger partial charge in [-0.1, -0.05) is 26.2 Å². The molecule has 0 spiro atoms. The Morgan fingerprint density at radius 1 is 0.636 bits per heavy atom. The van der Waals surface area contributed by atoms with Crippen LogP contribution in [0.25, 0.3) is 0 Å². The highest BCUT2D eigenvalue weighted by Gasteiger charge is 2.11. The summed E-state index contributed by atoms with van der Waals surface area (Å²) >= 11 is 0. The van der Waals surface area contributed by atoms with Gasteiger partial charge < -0.3 is 21.3 Å². The number of hydrogen-bond donors (Lipinski definition) is 4. The minimum atomic E-state index is 0.959. The summed E-state index contributed by atoms with van der Waals surface area (Å²) in [6.45, 7) is 11.4. The highest BCUT2D eigenvalue weighted by Crippen LogP contribution is 2.22. The molecule has 0 radical (unpaired) electrons. The third kappa shape index (κ3) is 12.4. The van der Waals surface area contributed by atoms with E-state index in [1.165, 1.54) is 64.5 Å². The lowest BCUT2D eigenvalue weighted by Crippen LogP contribution is -2.28. The summed E-state index contributed by atoms with van der Waals surface area (Å²) in [4.78, 5) is 0. The zero-order valence-electron chi connectivity index (χ0n) is 14.9. The van der Waals surface area contributed by atoms with Crippen LogP contribution < -0.4 is 21.3 Å². The van der Waals surface area contributed by atoms with Crippen molar-refractivity contribution in [1.29, 1.82) is 0 Å². The zero-order valence-corrected chi connectivity index (χ0v) is 14.9. The molecule has 1 saturated carbocycles. The second-order valence-electron chi connectivity index (χ2n) is 6.62. The van der Waals surface area contributed by atoms with Gasteiger partial charge >= 0.3 is 0 Å². The van der Waals surface area contributed by atoms with Crippen molar-refractivity contribution in [2.24, 2.45) is 5.92 Å². The summed E-state index contributed by atoms with van der Waals surface area (Å²) in [7, 11) is 0. The van der Waals surface area contributed by atoms with Crippen molar-refractivity contribution in [2.45, 2.75) is 58.3 Å². The van der Waals surface area contributed by atoms with E-state index >= 15 is 0 Å². The SMILES string of the molecule is CCNCCCNCCCNCCCNCC1CCCCC1. The Hall–Kier alpha value is -0.160. The number of hydrogen-bond acceptors (Lipinski definition) is 4. The van der Waals surface area contributed by atoms with Gasteiger partial charge in [-0.3, -0.25) is 0 Å². The van der Waals surface area contributed by atoms with E-state index in [0.29, 0.717) is 0 Å². The molecule has 132 valence electrons. The zero-order chi connectivity index (χ0) is 15.7. The normalized spacial score (nSPS) is 16.2. The van der Waals surface area contributed by atoms with Crippen LogP contribution in [0.5, 0.6) is 0 Å². The molecule has 0 aromatic heterocycles. The van der Waals surface area contributed by atoms with Crippen LogP contribution in [0.2, 0.25) is 0 Å². The average molecular weight is 313 g/mol. The van der Waals surface area contributed by atoms with Gasteiger partial charge in [0.25, 0.3) is 0 Å². The van der Waals surface area contributed by atoms with Crippen molar-refractivity contribution >= 4 is 0 Å². The van der Waals surface area contributed by atoms with E-state index in [2.05, 4.69) is 28.2 Å². The summed E-state index contributed by atoms with van der Waals surface area (Å²) in [5.74, 6) is 0.959. The molecule has 1 rings (SSSR count). The standard InChI is InChI=1S/C18H40N4/c1-2-19-11-6-12-20-13-7-14-21-15-8-16-22-17-18-9-4-3-5-10-18/h18-22H,2-17H2,1H3. The van der Waals surface area contributed by atoms with Crippen LogP contribution >= 0.6 is 0 Å². The lowest BCUT2D eigenvalue weighted by molar-refractivity contribution is 0.342. The van der Waals surface area contributed by atoms with Crippen LogP contribution in [0.4, 0.5) is 0 Å². The second-order valence-corrected chi connectivity index (χ2v) is 6.62. The Kier molecular flexibility index (Phi) is 14.2. The Bertz CT molecular complexity index is 217. The summed E-state index contributed by atoms with van der Waals surface area (Å²) in [6, 6.07) is 0. The molecule has 1 aliphatic carbocycles. The largest absolute Gasteiger partial charge is 0.317 e. The molecule has 4 heteroatoms. The first-order chi connectivity index (χ1) is 10.9. The lowest BCUT2D eigenvalue weighted by atomic mass is 9.89. The van der Waals surface area contributed by atoms with Crippen LogP contribution in [0.1, 0.15) is 58.3 Å². The second kappa shape index (κ2) is 15.7. The van der Waals surface area contributed by atoms with E-state index < -0.39 is 0 Å². The smallest absolute Gasteiger partial charge is 0.00205 e. The van der Waals surface area contributed by atoms with Crippen molar-refractivity contribution in [3.63, 3.8) is 0 Å². The van der Waals surface area contributed by atoms with E-state index in [0.717, 1.165) is 45.2 Å². The van der Waals surface area contributed by atoms with E-state index in [9.17, 15) is 0 Å². The third-order valence-corrected chi connectivity index (χ3v) is 4.53. The Labute approximate surface area is 138 Å². The maximum atomic E-state index is 3.63. The molecular formula is C18H40N4. The molecular weight excluding hydrogens is 272 g/mol. The van der Waals surface area contributed by atoms with Crippen LogP contribution in [-0.2, 0) is 0 Å². The van der Waals surface area contributed by atoms with Gasteiger partial charge in [0.15, 0.2) is 0 Å². The molecule has 4 N–H and O–H groups in total. The van der Waals surface area contributed by atoms with E-state index in [1.807, 2.05) is 0 Å². The molecule has 22 heavy (non-hydrogen) atoms. The number of rotatable bonds is 15. The van der Waals surface area contributed by atoms with Gasteiger partial charge in [-0.2, -0.15) is 0 Å². The highest BCUT2D eigenvalue weighted by molar-refractivity contribution is 4.68. The maximum Gasteiger partial charge on any atom is -0.00205 e. The first kappa shape index (κ1) is 19.9. The monoisotopic (exact) mass is 312 g/mol.